The van der Waals surface area contributed by atoms with E-state index in [4.69, 9.17) is 5.11 Å². The van der Waals surface area contributed by atoms with Crippen molar-refractivity contribution in [2.75, 3.05) is 5.75 Å². The van der Waals surface area contributed by atoms with Crippen LogP contribution in [-0.4, -0.2) is 26.6 Å². The maximum Gasteiger partial charge on any atom is 0.356 e. The number of rotatable bonds is 1. The van der Waals surface area contributed by atoms with Crippen molar-refractivity contribution in [1.82, 2.24) is 9.78 Å². The second-order valence-electron chi connectivity index (χ2n) is 2.60. The van der Waals surface area contributed by atoms with Crippen LogP contribution >= 0.6 is 11.8 Å². The van der Waals surface area contributed by atoms with E-state index in [0.717, 1.165) is 23.7 Å². The molecule has 1 aromatic heterocycles. The van der Waals surface area contributed by atoms with Crippen molar-refractivity contribution in [3.8, 4) is 0 Å². The summed E-state index contributed by atoms with van der Waals surface area (Å²) in [6.07, 6.45) is 1.07. The van der Waals surface area contributed by atoms with Crippen LogP contribution in [0.15, 0.2) is 11.1 Å². The molecule has 0 spiro atoms. The summed E-state index contributed by atoms with van der Waals surface area (Å²) >= 11 is 1.66. The van der Waals surface area contributed by atoms with Gasteiger partial charge < -0.3 is 5.11 Å². The topological polar surface area (TPSA) is 55.1 Å². The largest absolute Gasteiger partial charge is 0.476 e. The first-order chi connectivity index (χ1) is 5.77. The Balaban J connectivity index is 2.38. The van der Waals surface area contributed by atoms with Gasteiger partial charge in [-0.25, -0.2) is 4.79 Å². The number of carboxylic acid groups (broad SMARTS) is 1. The molecule has 0 saturated carbocycles. The molecule has 5 heteroatoms. The molecule has 1 aliphatic heterocycles. The number of hydrogen-bond acceptors (Lipinski definition) is 3. The van der Waals surface area contributed by atoms with E-state index in [1.54, 1.807) is 22.5 Å². The van der Waals surface area contributed by atoms with Gasteiger partial charge in [0.25, 0.3) is 0 Å². The highest BCUT2D eigenvalue weighted by Gasteiger charge is 2.15. The summed E-state index contributed by atoms with van der Waals surface area (Å²) in [5.74, 6) is 0.114. The second-order valence-corrected chi connectivity index (χ2v) is 3.71. The smallest absolute Gasteiger partial charge is 0.356 e. The van der Waals surface area contributed by atoms with E-state index in [2.05, 4.69) is 5.10 Å². The normalized spacial score (nSPS) is 15.7. The van der Waals surface area contributed by atoms with Gasteiger partial charge in [-0.05, 0) is 6.42 Å². The monoisotopic (exact) mass is 184 g/mol. The minimum Gasteiger partial charge on any atom is -0.476 e. The first kappa shape index (κ1) is 7.67. The molecule has 1 aromatic rings. The van der Waals surface area contributed by atoms with Crippen LogP contribution in [0.5, 0.6) is 0 Å². The van der Waals surface area contributed by atoms with Gasteiger partial charge in [0.05, 0.1) is 5.03 Å². The highest BCUT2D eigenvalue weighted by Crippen LogP contribution is 2.24. The summed E-state index contributed by atoms with van der Waals surface area (Å²) in [6.45, 7) is 0.843. The molecule has 0 saturated heterocycles. The predicted molar refractivity (Wildman–Crippen MR) is 44.5 cm³/mol. The summed E-state index contributed by atoms with van der Waals surface area (Å²) < 4.78 is 1.76. The third kappa shape index (κ3) is 1.20. The average molecular weight is 184 g/mol. The molecule has 0 aromatic carbocycles. The Bertz CT molecular complexity index is 298. The van der Waals surface area contributed by atoms with Crippen molar-refractivity contribution < 1.29 is 9.90 Å². The molecule has 0 unspecified atom stereocenters. The van der Waals surface area contributed by atoms with Gasteiger partial charge in [-0.3, -0.25) is 4.68 Å². The first-order valence-corrected chi connectivity index (χ1v) is 4.70. The zero-order chi connectivity index (χ0) is 8.55. The number of carbonyl (C=O) groups is 1. The van der Waals surface area contributed by atoms with Crippen molar-refractivity contribution in [1.29, 1.82) is 0 Å². The van der Waals surface area contributed by atoms with Gasteiger partial charge in [0.1, 0.15) is 0 Å². The molecular weight excluding hydrogens is 176 g/mol. The van der Waals surface area contributed by atoms with Gasteiger partial charge in [-0.15, -0.1) is 11.8 Å². The van der Waals surface area contributed by atoms with Crippen molar-refractivity contribution >= 4 is 17.7 Å². The molecule has 0 aliphatic carbocycles. The van der Waals surface area contributed by atoms with Gasteiger partial charge in [0.2, 0.25) is 0 Å². The molecule has 1 aliphatic rings. The molecule has 1 N–H and O–H groups in total. The van der Waals surface area contributed by atoms with Crippen molar-refractivity contribution in [2.24, 2.45) is 0 Å². The van der Waals surface area contributed by atoms with Crippen LogP contribution in [0.25, 0.3) is 0 Å². The number of carboxylic acids is 1. The Morgan fingerprint density at radius 1 is 1.75 bits per heavy atom. The lowest BCUT2D eigenvalue weighted by Gasteiger charge is -2.11. The zero-order valence-corrected chi connectivity index (χ0v) is 7.17. The predicted octanol–water partition coefficient (Wildman–Crippen LogP) is 1.08. The van der Waals surface area contributed by atoms with Gasteiger partial charge in [0.15, 0.2) is 5.69 Å². The molecule has 12 heavy (non-hydrogen) atoms. The molecule has 2 heterocycles. The molecule has 4 nitrogen and oxygen atoms in total. The van der Waals surface area contributed by atoms with E-state index >= 15 is 0 Å². The number of nitrogens with zero attached hydrogens (tertiary/aromatic N) is 2. The molecule has 2 rings (SSSR count). The SMILES string of the molecule is O=C(O)c1cc2n(n1)CCCS2. The van der Waals surface area contributed by atoms with E-state index in [1.165, 1.54) is 0 Å². The highest BCUT2D eigenvalue weighted by atomic mass is 32.2. The third-order valence-electron chi connectivity index (χ3n) is 1.73. The number of thioether (sulfide) groups is 1. The molecule has 0 fully saturated rings. The van der Waals surface area contributed by atoms with E-state index in [1.807, 2.05) is 0 Å². The van der Waals surface area contributed by atoms with E-state index < -0.39 is 5.97 Å². The summed E-state index contributed by atoms with van der Waals surface area (Å²) in [4.78, 5) is 10.5. The van der Waals surface area contributed by atoms with E-state index in [-0.39, 0.29) is 5.69 Å². The summed E-state index contributed by atoms with van der Waals surface area (Å²) in [5, 5.41) is 13.6. The van der Waals surface area contributed by atoms with Crippen LogP contribution in [0.1, 0.15) is 16.9 Å². The maximum absolute atomic E-state index is 10.5. The second kappa shape index (κ2) is 2.82. The maximum atomic E-state index is 10.5. The standard InChI is InChI=1S/C7H8N2O2S/c10-7(11)5-4-6-9(8-5)2-1-3-12-6/h4H,1-3H2,(H,10,11). The van der Waals surface area contributed by atoms with Crippen LogP contribution in [0.3, 0.4) is 0 Å². The molecule has 64 valence electrons. The van der Waals surface area contributed by atoms with Crippen LogP contribution < -0.4 is 0 Å². The molecule has 0 amide bonds. The zero-order valence-electron chi connectivity index (χ0n) is 6.36. The lowest BCUT2D eigenvalue weighted by Crippen LogP contribution is -2.08. The minimum absolute atomic E-state index is 0.152. The fraction of sp³-hybridized carbons (Fsp3) is 0.429. The van der Waals surface area contributed by atoms with Gasteiger partial charge in [-0.2, -0.15) is 5.10 Å². The van der Waals surface area contributed by atoms with Crippen LogP contribution in [0, 0.1) is 0 Å². The molecule has 0 radical (unpaired) electrons. The number of hydrogen-bond donors (Lipinski definition) is 1. The Morgan fingerprint density at radius 2 is 2.58 bits per heavy atom. The average Bonchev–Trinajstić information content (AvgIpc) is 2.46. The van der Waals surface area contributed by atoms with Crippen molar-refractivity contribution in [3.63, 3.8) is 0 Å². The first-order valence-electron chi connectivity index (χ1n) is 3.71. The minimum atomic E-state index is -0.947. The van der Waals surface area contributed by atoms with Crippen LogP contribution in [0.4, 0.5) is 0 Å². The Kier molecular flexibility index (Phi) is 1.80. The molecule has 0 bridgehead atoms. The summed E-state index contributed by atoms with van der Waals surface area (Å²) in [6, 6.07) is 1.63. The van der Waals surface area contributed by atoms with Crippen LogP contribution in [0.2, 0.25) is 0 Å². The fourth-order valence-corrected chi connectivity index (χ4v) is 2.13. The Morgan fingerprint density at radius 3 is 3.25 bits per heavy atom. The number of fused-ring (bicyclic) bond motifs is 1. The summed E-state index contributed by atoms with van der Waals surface area (Å²) in [7, 11) is 0. The quantitative estimate of drug-likeness (QED) is 0.709. The highest BCUT2D eigenvalue weighted by molar-refractivity contribution is 7.99. The van der Waals surface area contributed by atoms with Gasteiger partial charge >= 0.3 is 5.97 Å². The van der Waals surface area contributed by atoms with Gasteiger partial charge in [-0.1, -0.05) is 0 Å². The number of aromatic nitrogens is 2. The number of aryl methyl sites for hydroxylation is 1. The van der Waals surface area contributed by atoms with Crippen LogP contribution in [-0.2, 0) is 6.54 Å². The summed E-state index contributed by atoms with van der Waals surface area (Å²) in [5.41, 5.74) is 0.152. The van der Waals surface area contributed by atoms with E-state index in [0.29, 0.717) is 0 Å². The lowest BCUT2D eigenvalue weighted by atomic mass is 10.4. The fourth-order valence-electron chi connectivity index (χ4n) is 1.17. The molecular formula is C7H8N2O2S. The Labute approximate surface area is 73.6 Å². The lowest BCUT2D eigenvalue weighted by molar-refractivity contribution is 0.0689. The van der Waals surface area contributed by atoms with Crippen molar-refractivity contribution in [3.05, 3.63) is 11.8 Å². The number of aromatic carboxylic acids is 1. The van der Waals surface area contributed by atoms with E-state index in [9.17, 15) is 4.79 Å². The molecule has 0 atom stereocenters. The van der Waals surface area contributed by atoms with Gasteiger partial charge in [0, 0.05) is 18.4 Å². The Hall–Kier alpha value is -0.970. The third-order valence-corrected chi connectivity index (χ3v) is 2.84. The van der Waals surface area contributed by atoms with Crippen molar-refractivity contribution in [2.45, 2.75) is 18.0 Å².